The van der Waals surface area contributed by atoms with Gasteiger partial charge in [0.2, 0.25) is 0 Å². The molecule has 0 amide bonds. The van der Waals surface area contributed by atoms with Gasteiger partial charge in [-0.05, 0) is 18.1 Å². The summed E-state index contributed by atoms with van der Waals surface area (Å²) in [7, 11) is 0. The van der Waals surface area contributed by atoms with E-state index in [4.69, 9.17) is 9.39 Å². The number of carbonyl (C=O) groups excluding carboxylic acids is 1. The standard InChI is InChI=1S/C12H13BN3O6.2Na/c17-12(18)10-9(21-6-8-5-14-16-15-8)2-1-7-3-4-13(19,20)22-11(7)10;;/h1-2,5,19-20H,3-4,6H2,(H,17,18)(H,14,15,16);;/q-1;2*+1/p-1. The SMILES string of the molecule is O=C([O-])c1c(OCc2c[nH]nn2)ccc2c1O[B-](O)(O)CC2.[Na+].[Na+]. The number of fused-ring (bicyclic) bond motifs is 1. The van der Waals surface area contributed by atoms with Gasteiger partial charge in [0, 0.05) is 6.20 Å². The Balaban J connectivity index is 0.00000144. The first-order valence-corrected chi connectivity index (χ1v) is 6.61. The minimum atomic E-state index is -3.08. The predicted molar refractivity (Wildman–Crippen MR) is 70.8 cm³/mol. The zero-order valence-corrected chi connectivity index (χ0v) is 17.4. The number of ether oxygens (including phenoxy) is 1. The number of nitrogens with one attached hydrogen (secondary N) is 1. The first-order valence-electron chi connectivity index (χ1n) is 6.61. The van der Waals surface area contributed by atoms with E-state index in [0.29, 0.717) is 11.3 Å². The van der Waals surface area contributed by atoms with Gasteiger partial charge in [-0.3, -0.25) is 5.10 Å². The quantitative estimate of drug-likeness (QED) is 0.462. The van der Waals surface area contributed by atoms with E-state index in [1.165, 1.54) is 12.3 Å². The number of nitrogens with zero attached hydrogens (tertiary/aromatic N) is 2. The maximum absolute atomic E-state index is 11.4. The van der Waals surface area contributed by atoms with Crippen molar-refractivity contribution in [1.82, 2.24) is 15.4 Å². The molecule has 0 atom stereocenters. The Bertz CT molecular complexity index is 713. The van der Waals surface area contributed by atoms with E-state index < -0.39 is 12.7 Å². The van der Waals surface area contributed by atoms with E-state index >= 15 is 0 Å². The summed E-state index contributed by atoms with van der Waals surface area (Å²) in [5.41, 5.74) is 0.675. The van der Waals surface area contributed by atoms with E-state index in [9.17, 15) is 19.9 Å². The third-order valence-electron chi connectivity index (χ3n) is 3.34. The molecule has 1 aliphatic heterocycles. The van der Waals surface area contributed by atoms with Gasteiger partial charge in [-0.1, -0.05) is 17.6 Å². The second-order valence-electron chi connectivity index (χ2n) is 4.98. The molecule has 0 spiro atoms. The van der Waals surface area contributed by atoms with Crippen LogP contribution in [0.1, 0.15) is 21.6 Å². The van der Waals surface area contributed by atoms with Crippen LogP contribution in [0.2, 0.25) is 6.32 Å². The molecule has 12 heteroatoms. The van der Waals surface area contributed by atoms with Gasteiger partial charge in [-0.15, -0.1) is 5.10 Å². The van der Waals surface area contributed by atoms with Crippen LogP contribution in [0.15, 0.2) is 18.3 Å². The minimum absolute atomic E-state index is 0. The Kier molecular flexibility index (Phi) is 7.76. The number of carboxylic acid groups (broad SMARTS) is 1. The summed E-state index contributed by atoms with van der Waals surface area (Å²) in [6, 6.07) is 3.09. The van der Waals surface area contributed by atoms with Crippen molar-refractivity contribution in [3.05, 3.63) is 35.2 Å². The fourth-order valence-electron chi connectivity index (χ4n) is 2.29. The predicted octanol–water partition coefficient (Wildman–Crippen LogP) is -7.39. The number of carbonyl (C=O) groups is 1. The Morgan fingerprint density at radius 3 is 2.79 bits per heavy atom. The van der Waals surface area contributed by atoms with E-state index in [-0.39, 0.29) is 95.5 Å². The summed E-state index contributed by atoms with van der Waals surface area (Å²) in [6.07, 6.45) is 1.79. The van der Waals surface area contributed by atoms with E-state index in [0.717, 1.165) is 0 Å². The molecule has 1 aromatic carbocycles. The molecule has 3 N–H and O–H groups in total. The van der Waals surface area contributed by atoms with Crippen molar-refractivity contribution in [2.45, 2.75) is 19.3 Å². The molecule has 1 aromatic heterocycles. The number of aromatic amines is 1. The van der Waals surface area contributed by atoms with Crippen LogP contribution in [-0.4, -0.2) is 38.2 Å². The van der Waals surface area contributed by atoms with Gasteiger partial charge in [0.05, 0.1) is 17.3 Å². The van der Waals surface area contributed by atoms with Crippen LogP contribution in [0.25, 0.3) is 0 Å². The summed E-state index contributed by atoms with van der Waals surface area (Å²) in [5, 5.41) is 40.4. The van der Waals surface area contributed by atoms with Crippen molar-refractivity contribution < 1.29 is 88.5 Å². The Morgan fingerprint density at radius 1 is 1.42 bits per heavy atom. The van der Waals surface area contributed by atoms with Crippen LogP contribution < -0.4 is 73.6 Å². The number of aromatic carboxylic acids is 1. The van der Waals surface area contributed by atoms with Gasteiger partial charge >= 0.3 is 65.9 Å². The topological polar surface area (TPSA) is 141 Å². The van der Waals surface area contributed by atoms with Crippen molar-refractivity contribution in [1.29, 1.82) is 0 Å². The summed E-state index contributed by atoms with van der Waals surface area (Å²) in [6.45, 7) is -3.09. The third kappa shape index (κ3) is 4.74. The van der Waals surface area contributed by atoms with Crippen LogP contribution in [0.5, 0.6) is 11.5 Å². The van der Waals surface area contributed by atoms with Crippen LogP contribution in [0.3, 0.4) is 0 Å². The molecular formula is C12H12BN3Na2O6. The van der Waals surface area contributed by atoms with E-state index in [2.05, 4.69) is 15.4 Å². The minimum Gasteiger partial charge on any atom is -0.669 e. The van der Waals surface area contributed by atoms with E-state index in [1.807, 2.05) is 0 Å². The Morgan fingerprint density at radius 2 is 2.17 bits per heavy atom. The fraction of sp³-hybridized carbons (Fsp3) is 0.250. The third-order valence-corrected chi connectivity index (χ3v) is 3.34. The molecule has 24 heavy (non-hydrogen) atoms. The Labute approximate surface area is 181 Å². The molecule has 116 valence electrons. The van der Waals surface area contributed by atoms with Gasteiger partial charge in [0.1, 0.15) is 18.1 Å². The maximum Gasteiger partial charge on any atom is 1.00 e. The van der Waals surface area contributed by atoms with Crippen molar-refractivity contribution in [3.63, 3.8) is 0 Å². The van der Waals surface area contributed by atoms with Gasteiger partial charge in [0.25, 0.3) is 0 Å². The summed E-state index contributed by atoms with van der Waals surface area (Å²) in [5.74, 6) is -1.66. The molecule has 0 bridgehead atoms. The van der Waals surface area contributed by atoms with Crippen LogP contribution >= 0.6 is 0 Å². The molecule has 3 rings (SSSR count). The normalized spacial score (nSPS) is 14.4. The number of rotatable bonds is 4. The van der Waals surface area contributed by atoms with Gasteiger partial charge in [-0.25, -0.2) is 0 Å². The largest absolute Gasteiger partial charge is 1.00 e. The first kappa shape index (κ1) is 21.5. The summed E-state index contributed by atoms with van der Waals surface area (Å²) < 4.78 is 10.4. The monoisotopic (exact) mass is 351 g/mol. The molecular weight excluding hydrogens is 339 g/mol. The molecule has 0 unspecified atom stereocenters. The average molecular weight is 351 g/mol. The Hall–Kier alpha value is -0.585. The fourth-order valence-corrected chi connectivity index (χ4v) is 2.29. The summed E-state index contributed by atoms with van der Waals surface area (Å²) in [4.78, 5) is 11.4. The molecule has 2 heterocycles. The second-order valence-corrected chi connectivity index (χ2v) is 4.98. The zero-order chi connectivity index (χ0) is 15.7. The van der Waals surface area contributed by atoms with Crippen LogP contribution in [-0.2, 0) is 13.0 Å². The van der Waals surface area contributed by atoms with Gasteiger partial charge < -0.3 is 29.3 Å². The number of aromatic nitrogens is 3. The summed E-state index contributed by atoms with van der Waals surface area (Å²) >= 11 is 0. The molecule has 2 aromatic rings. The number of aryl methyl sites for hydroxylation is 1. The van der Waals surface area contributed by atoms with Crippen molar-refractivity contribution in [3.8, 4) is 11.5 Å². The van der Waals surface area contributed by atoms with Gasteiger partial charge in [0.15, 0.2) is 0 Å². The number of hydrogen-bond donors (Lipinski definition) is 3. The number of benzene rings is 1. The van der Waals surface area contributed by atoms with E-state index in [1.54, 1.807) is 6.07 Å². The zero-order valence-electron chi connectivity index (χ0n) is 13.4. The average Bonchev–Trinajstić information content (AvgIpc) is 2.96. The van der Waals surface area contributed by atoms with Crippen molar-refractivity contribution in [2.75, 3.05) is 0 Å². The molecule has 0 aliphatic carbocycles. The van der Waals surface area contributed by atoms with Crippen molar-refractivity contribution >= 4 is 12.7 Å². The molecule has 0 saturated carbocycles. The molecule has 0 saturated heterocycles. The second kappa shape index (κ2) is 8.68. The molecule has 0 radical (unpaired) electrons. The number of carboxylic acids is 1. The maximum atomic E-state index is 11.4. The smallest absolute Gasteiger partial charge is 0.669 e. The number of hydrogen-bond acceptors (Lipinski definition) is 8. The number of H-pyrrole nitrogens is 1. The first-order chi connectivity index (χ1) is 10.5. The van der Waals surface area contributed by atoms with Crippen LogP contribution in [0.4, 0.5) is 0 Å². The van der Waals surface area contributed by atoms with Gasteiger partial charge in [-0.2, -0.15) is 0 Å². The molecule has 9 nitrogen and oxygen atoms in total. The van der Waals surface area contributed by atoms with Crippen LogP contribution in [0, 0.1) is 0 Å². The van der Waals surface area contributed by atoms with Crippen molar-refractivity contribution in [2.24, 2.45) is 0 Å². The molecule has 1 aliphatic rings. The molecule has 0 fully saturated rings.